The maximum absolute atomic E-state index is 13.2. The summed E-state index contributed by atoms with van der Waals surface area (Å²) < 4.78 is 26.2. The Labute approximate surface area is 217 Å². The van der Waals surface area contributed by atoms with Gasteiger partial charge in [-0.15, -0.1) is 0 Å². The molecule has 9 nitrogen and oxygen atoms in total. The molecular formula is C27H30N4O5S. The lowest BCUT2D eigenvalue weighted by molar-refractivity contribution is -0.384. The zero-order valence-corrected chi connectivity index (χ0v) is 21.7. The van der Waals surface area contributed by atoms with Crippen molar-refractivity contribution < 1.29 is 18.1 Å². The Morgan fingerprint density at radius 3 is 1.97 bits per heavy atom. The predicted molar refractivity (Wildman–Crippen MR) is 143 cm³/mol. The van der Waals surface area contributed by atoms with Gasteiger partial charge in [-0.25, -0.2) is 8.42 Å². The van der Waals surface area contributed by atoms with Crippen molar-refractivity contribution in [3.8, 4) is 0 Å². The van der Waals surface area contributed by atoms with Crippen LogP contribution in [0.1, 0.15) is 22.7 Å². The van der Waals surface area contributed by atoms with Gasteiger partial charge in [0.05, 0.1) is 22.9 Å². The number of nitro benzene ring substituents is 1. The van der Waals surface area contributed by atoms with E-state index in [0.717, 1.165) is 21.7 Å². The Balaban J connectivity index is 1.51. The molecule has 0 aliphatic carbocycles. The highest BCUT2D eigenvalue weighted by Crippen LogP contribution is 2.30. The van der Waals surface area contributed by atoms with E-state index in [1.54, 1.807) is 11.8 Å². The van der Waals surface area contributed by atoms with Crippen LogP contribution in [0.3, 0.4) is 0 Å². The third kappa shape index (κ3) is 6.15. The van der Waals surface area contributed by atoms with E-state index < -0.39 is 21.5 Å². The van der Waals surface area contributed by atoms with E-state index in [1.165, 1.54) is 18.2 Å². The van der Waals surface area contributed by atoms with Crippen molar-refractivity contribution in [2.75, 3.05) is 43.3 Å². The van der Waals surface area contributed by atoms with E-state index in [0.29, 0.717) is 31.7 Å². The lowest BCUT2D eigenvalue weighted by Gasteiger charge is -2.40. The summed E-state index contributed by atoms with van der Waals surface area (Å²) in [6, 6.07) is 24.5. The fraction of sp³-hybridized carbons (Fsp3) is 0.296. The van der Waals surface area contributed by atoms with Crippen LogP contribution in [0.4, 0.5) is 11.4 Å². The number of hydrogen-bond acceptors (Lipinski definition) is 6. The predicted octanol–water partition coefficient (Wildman–Crippen LogP) is 3.60. The number of sulfonamides is 1. The van der Waals surface area contributed by atoms with E-state index in [9.17, 15) is 23.3 Å². The Hall–Kier alpha value is -3.76. The van der Waals surface area contributed by atoms with Gasteiger partial charge in [-0.1, -0.05) is 66.7 Å². The van der Waals surface area contributed by atoms with Crippen LogP contribution in [0, 0.1) is 17.0 Å². The molecule has 1 heterocycles. The number of anilines is 1. The number of amides is 1. The maximum atomic E-state index is 13.2. The van der Waals surface area contributed by atoms with Gasteiger partial charge in [0, 0.05) is 38.3 Å². The quantitative estimate of drug-likeness (QED) is 0.331. The molecule has 194 valence electrons. The molecule has 3 aromatic carbocycles. The van der Waals surface area contributed by atoms with Gasteiger partial charge in [0.2, 0.25) is 15.9 Å². The minimum Gasteiger partial charge on any atom is -0.339 e. The van der Waals surface area contributed by atoms with Crippen molar-refractivity contribution in [1.29, 1.82) is 0 Å². The van der Waals surface area contributed by atoms with Crippen LogP contribution in [0.25, 0.3) is 0 Å². The van der Waals surface area contributed by atoms with E-state index in [1.807, 2.05) is 36.4 Å². The number of hydrogen-bond donors (Lipinski definition) is 0. The van der Waals surface area contributed by atoms with Gasteiger partial charge in [0.15, 0.2) is 0 Å². The molecule has 0 bridgehead atoms. The number of carbonyl (C=O) groups is 1. The number of carbonyl (C=O) groups excluding carboxylic acids is 1. The first-order valence-electron chi connectivity index (χ1n) is 12.0. The molecule has 0 radical (unpaired) electrons. The third-order valence-electron chi connectivity index (χ3n) is 6.61. The first-order valence-corrected chi connectivity index (χ1v) is 13.8. The zero-order chi connectivity index (χ0) is 26.6. The summed E-state index contributed by atoms with van der Waals surface area (Å²) in [6.45, 7) is 3.38. The molecule has 3 aromatic rings. The monoisotopic (exact) mass is 522 g/mol. The molecule has 0 aromatic heterocycles. The third-order valence-corrected chi connectivity index (χ3v) is 7.74. The smallest absolute Gasteiger partial charge is 0.271 e. The zero-order valence-electron chi connectivity index (χ0n) is 20.9. The highest BCUT2D eigenvalue weighted by molar-refractivity contribution is 7.92. The van der Waals surface area contributed by atoms with Crippen molar-refractivity contribution in [3.63, 3.8) is 0 Å². The van der Waals surface area contributed by atoms with Gasteiger partial charge in [0.1, 0.15) is 6.54 Å². The Kier molecular flexibility index (Phi) is 7.89. The molecule has 0 saturated carbocycles. The number of non-ortho nitro benzene ring substituents is 1. The average molecular weight is 523 g/mol. The first kappa shape index (κ1) is 26.3. The van der Waals surface area contributed by atoms with Crippen LogP contribution in [0.2, 0.25) is 0 Å². The topological polar surface area (TPSA) is 104 Å². The molecule has 0 N–H and O–H groups in total. The van der Waals surface area contributed by atoms with Crippen molar-refractivity contribution in [3.05, 3.63) is 106 Å². The summed E-state index contributed by atoms with van der Waals surface area (Å²) in [6.07, 6.45) is 1.00. The number of piperazine rings is 1. The average Bonchev–Trinajstić information content (AvgIpc) is 2.89. The largest absolute Gasteiger partial charge is 0.339 e. The van der Waals surface area contributed by atoms with Crippen LogP contribution in [-0.2, 0) is 14.8 Å². The molecule has 1 saturated heterocycles. The van der Waals surface area contributed by atoms with Crippen molar-refractivity contribution >= 4 is 27.3 Å². The van der Waals surface area contributed by atoms with Gasteiger partial charge in [-0.3, -0.25) is 24.1 Å². The molecule has 1 aliphatic rings. The van der Waals surface area contributed by atoms with Crippen LogP contribution in [0.15, 0.2) is 78.9 Å². The minimum absolute atomic E-state index is 0.0414. The number of benzene rings is 3. The van der Waals surface area contributed by atoms with E-state index in [4.69, 9.17) is 0 Å². The summed E-state index contributed by atoms with van der Waals surface area (Å²) in [5.41, 5.74) is 2.76. The summed E-state index contributed by atoms with van der Waals surface area (Å²) in [4.78, 5) is 27.9. The van der Waals surface area contributed by atoms with Crippen LogP contribution >= 0.6 is 0 Å². The van der Waals surface area contributed by atoms with E-state index >= 15 is 0 Å². The van der Waals surface area contributed by atoms with Crippen LogP contribution < -0.4 is 4.31 Å². The second-order valence-electron chi connectivity index (χ2n) is 9.14. The highest BCUT2D eigenvalue weighted by Gasteiger charge is 2.31. The molecule has 1 amide bonds. The molecule has 0 atom stereocenters. The van der Waals surface area contributed by atoms with Crippen LogP contribution in [0.5, 0.6) is 0 Å². The number of rotatable bonds is 8. The standard InChI is InChI=1S/C27H30N4O5S/c1-21-13-14-24(31(33)34)19-25(21)30(37(2,35)36)20-26(32)28-15-17-29(18-16-28)27(22-9-5-3-6-10-22)23-11-7-4-8-12-23/h3-14,19,27H,15-18,20H2,1-2H3. The summed E-state index contributed by atoms with van der Waals surface area (Å²) in [7, 11) is -3.86. The number of nitro groups is 1. The molecule has 4 rings (SSSR count). The highest BCUT2D eigenvalue weighted by atomic mass is 32.2. The first-order chi connectivity index (χ1) is 17.6. The van der Waals surface area contributed by atoms with Gasteiger partial charge in [-0.2, -0.15) is 0 Å². The SMILES string of the molecule is Cc1ccc([N+](=O)[O-])cc1N(CC(=O)N1CCN(C(c2ccccc2)c2ccccc2)CC1)S(C)(=O)=O. The Morgan fingerprint density at radius 1 is 0.946 bits per heavy atom. The van der Waals surface area contributed by atoms with Gasteiger partial charge in [-0.05, 0) is 23.6 Å². The van der Waals surface area contributed by atoms with Crippen LogP contribution in [-0.4, -0.2) is 68.0 Å². The van der Waals surface area contributed by atoms with Crippen molar-refractivity contribution in [2.45, 2.75) is 13.0 Å². The fourth-order valence-corrected chi connectivity index (χ4v) is 5.60. The fourth-order valence-electron chi connectivity index (χ4n) is 4.70. The van der Waals surface area contributed by atoms with Gasteiger partial charge >= 0.3 is 0 Å². The summed E-state index contributed by atoms with van der Waals surface area (Å²) in [5.74, 6) is -0.341. The Morgan fingerprint density at radius 2 is 1.49 bits per heavy atom. The molecular weight excluding hydrogens is 492 g/mol. The Bertz CT molecular complexity index is 1320. The second kappa shape index (κ2) is 11.1. The molecule has 10 heteroatoms. The van der Waals surface area contributed by atoms with E-state index in [-0.39, 0.29) is 23.3 Å². The molecule has 0 spiro atoms. The molecule has 0 unspecified atom stereocenters. The summed E-state index contributed by atoms with van der Waals surface area (Å²) in [5, 5.41) is 11.3. The minimum atomic E-state index is -3.86. The second-order valence-corrected chi connectivity index (χ2v) is 11.0. The van der Waals surface area contributed by atoms with Gasteiger partial charge < -0.3 is 4.90 Å². The summed E-state index contributed by atoms with van der Waals surface area (Å²) >= 11 is 0. The molecule has 1 aliphatic heterocycles. The van der Waals surface area contributed by atoms with Crippen molar-refractivity contribution in [1.82, 2.24) is 9.80 Å². The lowest BCUT2D eigenvalue weighted by atomic mass is 9.96. The van der Waals surface area contributed by atoms with Gasteiger partial charge in [0.25, 0.3) is 5.69 Å². The number of aryl methyl sites for hydroxylation is 1. The maximum Gasteiger partial charge on any atom is 0.271 e. The lowest BCUT2D eigenvalue weighted by Crippen LogP contribution is -2.52. The molecule has 1 fully saturated rings. The number of nitrogens with zero attached hydrogens (tertiary/aromatic N) is 4. The van der Waals surface area contributed by atoms with Crippen molar-refractivity contribution in [2.24, 2.45) is 0 Å². The normalized spacial score (nSPS) is 14.5. The van der Waals surface area contributed by atoms with E-state index in [2.05, 4.69) is 29.2 Å². The molecule has 37 heavy (non-hydrogen) atoms.